The molecule has 2 heterocycles. The maximum absolute atomic E-state index is 11.5. The molecule has 2 aliphatic rings. The van der Waals surface area contributed by atoms with Crippen LogP contribution in [0.1, 0.15) is 24.9 Å². The van der Waals surface area contributed by atoms with Gasteiger partial charge in [0.15, 0.2) is 0 Å². The van der Waals surface area contributed by atoms with E-state index in [4.69, 9.17) is 4.74 Å². The van der Waals surface area contributed by atoms with Gasteiger partial charge in [-0.3, -0.25) is 9.69 Å². The summed E-state index contributed by atoms with van der Waals surface area (Å²) < 4.78 is 5.70. The Labute approximate surface area is 101 Å². The van der Waals surface area contributed by atoms with Gasteiger partial charge in [0.25, 0.3) is 0 Å². The van der Waals surface area contributed by atoms with Crippen LogP contribution in [0.2, 0.25) is 0 Å². The number of rotatable bonds is 1. The third-order valence-corrected chi connectivity index (χ3v) is 3.82. The molecule has 0 bridgehead atoms. The Morgan fingerprint density at radius 3 is 3.00 bits per heavy atom. The van der Waals surface area contributed by atoms with E-state index in [2.05, 4.69) is 17.0 Å². The molecule has 3 heteroatoms. The lowest BCUT2D eigenvalue weighted by Crippen LogP contribution is -2.42. The highest BCUT2D eigenvalue weighted by molar-refractivity contribution is 5.81. The van der Waals surface area contributed by atoms with E-state index in [1.165, 1.54) is 5.56 Å². The molecule has 2 aliphatic heterocycles. The molecule has 1 aromatic rings. The summed E-state index contributed by atoms with van der Waals surface area (Å²) in [6.07, 6.45) is 0.680. The van der Waals surface area contributed by atoms with Crippen LogP contribution in [0.5, 0.6) is 5.75 Å². The van der Waals surface area contributed by atoms with Gasteiger partial charge in [-0.25, -0.2) is 0 Å². The topological polar surface area (TPSA) is 29.5 Å². The fourth-order valence-corrected chi connectivity index (χ4v) is 2.78. The van der Waals surface area contributed by atoms with Crippen molar-refractivity contribution < 1.29 is 9.53 Å². The number of likely N-dealkylation sites (tertiary alicyclic amines) is 1. The molecule has 90 valence electrons. The number of carbonyl (C=O) groups excluding carboxylic acids is 1. The Balaban J connectivity index is 1.81. The van der Waals surface area contributed by atoms with E-state index in [1.54, 1.807) is 0 Å². The van der Waals surface area contributed by atoms with E-state index in [1.807, 2.05) is 19.1 Å². The van der Waals surface area contributed by atoms with E-state index < -0.39 is 0 Å². The Morgan fingerprint density at radius 1 is 1.35 bits per heavy atom. The highest BCUT2D eigenvalue weighted by atomic mass is 16.5. The molecule has 0 spiro atoms. The van der Waals surface area contributed by atoms with Gasteiger partial charge in [0.05, 0.1) is 6.04 Å². The summed E-state index contributed by atoms with van der Waals surface area (Å²) in [6, 6.07) is 8.55. The van der Waals surface area contributed by atoms with E-state index in [-0.39, 0.29) is 5.92 Å². The molecule has 1 saturated heterocycles. The van der Waals surface area contributed by atoms with Gasteiger partial charge in [-0.15, -0.1) is 0 Å². The van der Waals surface area contributed by atoms with Crippen LogP contribution in [0.4, 0.5) is 0 Å². The fraction of sp³-hybridized carbons (Fsp3) is 0.500. The van der Waals surface area contributed by atoms with Crippen LogP contribution in [0.25, 0.3) is 0 Å². The van der Waals surface area contributed by atoms with Crippen LogP contribution in [0, 0.1) is 5.92 Å². The zero-order valence-corrected chi connectivity index (χ0v) is 10.1. The van der Waals surface area contributed by atoms with Crippen molar-refractivity contribution in [1.29, 1.82) is 0 Å². The number of hydrogen-bond acceptors (Lipinski definition) is 3. The average Bonchev–Trinajstić information content (AvgIpc) is 2.76. The minimum Gasteiger partial charge on any atom is -0.491 e. The van der Waals surface area contributed by atoms with Crippen molar-refractivity contribution in [3.05, 3.63) is 29.8 Å². The summed E-state index contributed by atoms with van der Waals surface area (Å²) in [6.45, 7) is 4.48. The SMILES string of the molecule is CC1CN(C2COc3ccccc32)CCC1=O. The van der Waals surface area contributed by atoms with E-state index in [0.717, 1.165) is 25.4 Å². The molecule has 0 aromatic heterocycles. The Kier molecular flexibility index (Phi) is 2.63. The molecule has 1 fully saturated rings. The lowest BCUT2D eigenvalue weighted by atomic mass is 9.95. The Bertz CT molecular complexity index is 444. The zero-order chi connectivity index (χ0) is 11.8. The van der Waals surface area contributed by atoms with Crippen molar-refractivity contribution >= 4 is 5.78 Å². The molecule has 17 heavy (non-hydrogen) atoms. The summed E-state index contributed by atoms with van der Waals surface area (Å²) in [5.74, 6) is 1.56. The quantitative estimate of drug-likeness (QED) is 0.740. The van der Waals surface area contributed by atoms with Gasteiger partial charge < -0.3 is 4.74 Å². The Morgan fingerprint density at radius 2 is 2.18 bits per heavy atom. The number of benzene rings is 1. The first-order valence-electron chi connectivity index (χ1n) is 6.24. The fourth-order valence-electron chi connectivity index (χ4n) is 2.78. The first kappa shape index (κ1) is 10.8. The van der Waals surface area contributed by atoms with Gasteiger partial charge in [0, 0.05) is 31.0 Å². The van der Waals surface area contributed by atoms with Gasteiger partial charge >= 0.3 is 0 Å². The van der Waals surface area contributed by atoms with Crippen LogP contribution in [-0.2, 0) is 4.79 Å². The maximum atomic E-state index is 11.5. The van der Waals surface area contributed by atoms with Crippen molar-refractivity contribution in [3.63, 3.8) is 0 Å². The molecule has 1 aromatic carbocycles. The number of nitrogens with zero attached hydrogens (tertiary/aromatic N) is 1. The second-order valence-electron chi connectivity index (χ2n) is 4.98. The third kappa shape index (κ3) is 1.84. The van der Waals surface area contributed by atoms with Crippen LogP contribution in [0.15, 0.2) is 24.3 Å². The second-order valence-corrected chi connectivity index (χ2v) is 4.98. The molecule has 3 nitrogen and oxygen atoms in total. The normalized spacial score (nSPS) is 28.9. The van der Waals surface area contributed by atoms with Crippen LogP contribution in [0.3, 0.4) is 0 Å². The molecule has 0 radical (unpaired) electrons. The minimum absolute atomic E-state index is 0.163. The first-order valence-corrected chi connectivity index (χ1v) is 6.24. The van der Waals surface area contributed by atoms with E-state index in [9.17, 15) is 4.79 Å². The highest BCUT2D eigenvalue weighted by Gasteiger charge is 2.33. The summed E-state index contributed by atoms with van der Waals surface area (Å²) in [7, 11) is 0. The van der Waals surface area contributed by atoms with E-state index >= 15 is 0 Å². The number of carbonyl (C=O) groups is 1. The number of fused-ring (bicyclic) bond motifs is 1. The second kappa shape index (κ2) is 4.15. The predicted molar refractivity (Wildman–Crippen MR) is 65.0 cm³/mol. The molecule has 2 atom stereocenters. The van der Waals surface area contributed by atoms with Crippen LogP contribution in [-0.4, -0.2) is 30.4 Å². The minimum atomic E-state index is 0.163. The van der Waals surface area contributed by atoms with Crippen LogP contribution < -0.4 is 4.74 Å². The smallest absolute Gasteiger partial charge is 0.138 e. The van der Waals surface area contributed by atoms with Crippen LogP contribution >= 0.6 is 0 Å². The number of ether oxygens (including phenoxy) is 1. The third-order valence-electron chi connectivity index (χ3n) is 3.82. The highest BCUT2D eigenvalue weighted by Crippen LogP contribution is 2.37. The summed E-state index contributed by atoms with van der Waals surface area (Å²) in [5, 5.41) is 0. The lowest BCUT2D eigenvalue weighted by Gasteiger charge is -2.34. The molecule has 2 unspecified atom stereocenters. The Hall–Kier alpha value is -1.35. The van der Waals surface area contributed by atoms with E-state index in [0.29, 0.717) is 18.2 Å². The molecule has 0 amide bonds. The van der Waals surface area contributed by atoms with Crippen molar-refractivity contribution in [2.24, 2.45) is 5.92 Å². The summed E-state index contributed by atoms with van der Waals surface area (Å²) >= 11 is 0. The zero-order valence-electron chi connectivity index (χ0n) is 10.1. The van der Waals surface area contributed by atoms with Crippen molar-refractivity contribution in [2.45, 2.75) is 19.4 Å². The van der Waals surface area contributed by atoms with Crippen molar-refractivity contribution in [3.8, 4) is 5.75 Å². The number of para-hydroxylation sites is 1. The summed E-state index contributed by atoms with van der Waals surface area (Å²) in [5.41, 5.74) is 1.27. The number of ketones is 1. The molecule has 0 N–H and O–H groups in total. The van der Waals surface area contributed by atoms with Gasteiger partial charge in [-0.05, 0) is 6.07 Å². The molecular formula is C14H17NO2. The van der Waals surface area contributed by atoms with Gasteiger partial charge in [0.1, 0.15) is 18.1 Å². The molecule has 0 aliphatic carbocycles. The van der Waals surface area contributed by atoms with Crippen molar-refractivity contribution in [2.75, 3.05) is 19.7 Å². The molecule has 0 saturated carbocycles. The van der Waals surface area contributed by atoms with Gasteiger partial charge in [0.2, 0.25) is 0 Å². The first-order chi connectivity index (χ1) is 8.25. The maximum Gasteiger partial charge on any atom is 0.138 e. The monoisotopic (exact) mass is 231 g/mol. The van der Waals surface area contributed by atoms with Gasteiger partial charge in [-0.2, -0.15) is 0 Å². The molecule has 3 rings (SSSR count). The number of Topliss-reactive ketones (excluding diaryl/α,β-unsaturated/α-hetero) is 1. The molecular weight excluding hydrogens is 214 g/mol. The average molecular weight is 231 g/mol. The predicted octanol–water partition coefficient (Wildman–Crippen LogP) is 2.03. The number of hydrogen-bond donors (Lipinski definition) is 0. The summed E-state index contributed by atoms with van der Waals surface area (Å²) in [4.78, 5) is 13.9. The lowest BCUT2D eigenvalue weighted by molar-refractivity contribution is -0.126. The van der Waals surface area contributed by atoms with Crippen molar-refractivity contribution in [1.82, 2.24) is 4.90 Å². The standard InChI is InChI=1S/C14H17NO2/c1-10-8-15(7-6-13(10)16)12-9-17-14-5-3-2-4-11(12)14/h2-5,10,12H,6-9H2,1H3. The number of piperidine rings is 1. The van der Waals surface area contributed by atoms with Gasteiger partial charge in [-0.1, -0.05) is 25.1 Å². The largest absolute Gasteiger partial charge is 0.491 e.